The Hall–Kier alpha value is -3.63. The van der Waals surface area contributed by atoms with Crippen LogP contribution in [0.3, 0.4) is 0 Å². The summed E-state index contributed by atoms with van der Waals surface area (Å²) in [5.74, 6) is 2.09. The van der Waals surface area contributed by atoms with Crippen molar-refractivity contribution in [2.24, 2.45) is 5.92 Å². The van der Waals surface area contributed by atoms with Gasteiger partial charge in [0.15, 0.2) is 11.5 Å². The highest BCUT2D eigenvalue weighted by molar-refractivity contribution is 7.89. The molecule has 2 amide bonds. The van der Waals surface area contributed by atoms with Crippen molar-refractivity contribution in [3.05, 3.63) is 54.1 Å². The number of sulfonamides is 1. The van der Waals surface area contributed by atoms with E-state index in [0.717, 1.165) is 10.6 Å². The molecule has 1 aliphatic heterocycles. The van der Waals surface area contributed by atoms with Crippen molar-refractivity contribution in [1.82, 2.24) is 20.1 Å². The number of hydrazine groups is 1. The average molecular weight is 601 g/mol. The molecule has 0 saturated heterocycles. The van der Waals surface area contributed by atoms with Crippen molar-refractivity contribution in [2.75, 3.05) is 26.7 Å². The van der Waals surface area contributed by atoms with Gasteiger partial charge in [-0.05, 0) is 37.1 Å². The predicted molar refractivity (Wildman–Crippen MR) is 158 cm³/mol. The molecule has 0 saturated carbocycles. The summed E-state index contributed by atoms with van der Waals surface area (Å²) in [6, 6.07) is 12.5. The van der Waals surface area contributed by atoms with Crippen LogP contribution in [0.1, 0.15) is 39.2 Å². The number of likely N-dealkylation sites (N-methyl/N-ethyl adjacent to an activating group) is 1. The lowest BCUT2D eigenvalue weighted by Gasteiger charge is -2.37. The molecule has 0 fully saturated rings. The van der Waals surface area contributed by atoms with Crippen LogP contribution in [-0.2, 0) is 26.0 Å². The average Bonchev–Trinajstić information content (AvgIpc) is 3.33. The second-order valence-electron chi connectivity index (χ2n) is 10.5. The zero-order valence-electron chi connectivity index (χ0n) is 24.4. The Morgan fingerprint density at radius 2 is 1.79 bits per heavy atom. The fourth-order valence-corrected chi connectivity index (χ4v) is 6.23. The number of nitrogens with zero attached hydrogens (tertiary/aromatic N) is 2. The highest BCUT2D eigenvalue weighted by Gasteiger charge is 2.36. The number of hydrogen-bond acceptors (Lipinski definition) is 8. The maximum Gasteiger partial charge on any atom is 0.252 e. The van der Waals surface area contributed by atoms with Crippen LogP contribution in [0.15, 0.2) is 53.4 Å². The number of ether oxygens (including phenoxy) is 2. The van der Waals surface area contributed by atoms with Crippen molar-refractivity contribution < 1.29 is 32.6 Å². The second kappa shape index (κ2) is 15.0. The second-order valence-corrected chi connectivity index (χ2v) is 12.4. The summed E-state index contributed by atoms with van der Waals surface area (Å²) in [5, 5.41) is 15.5. The monoisotopic (exact) mass is 600 g/mol. The Balaban J connectivity index is 1.99. The first-order chi connectivity index (χ1) is 20.0. The SMILES string of the molecule is C#CCCC(=O)N(NC(=O)CNC)C(Cc1ccccc1)[C@H](O)CN(CC(C)C)S(=O)(=O)c1ccc2c(c1)OC(C)O2. The Kier molecular flexibility index (Phi) is 11.8. The summed E-state index contributed by atoms with van der Waals surface area (Å²) >= 11 is 0. The van der Waals surface area contributed by atoms with E-state index in [9.17, 15) is 23.1 Å². The quantitative estimate of drug-likeness (QED) is 0.221. The third-order valence-electron chi connectivity index (χ3n) is 6.50. The maximum absolute atomic E-state index is 13.9. The summed E-state index contributed by atoms with van der Waals surface area (Å²) in [6.07, 6.45) is 3.65. The third kappa shape index (κ3) is 8.69. The van der Waals surface area contributed by atoms with E-state index in [1.165, 1.54) is 22.5 Å². The number of fused-ring (bicyclic) bond motifs is 1. The van der Waals surface area contributed by atoms with E-state index >= 15 is 0 Å². The summed E-state index contributed by atoms with van der Waals surface area (Å²) in [7, 11) is -2.53. The van der Waals surface area contributed by atoms with Crippen molar-refractivity contribution in [2.45, 2.75) is 63.4 Å². The molecule has 0 spiro atoms. The minimum Gasteiger partial charge on any atom is -0.451 e. The van der Waals surface area contributed by atoms with Gasteiger partial charge in [0.1, 0.15) is 0 Å². The topological polar surface area (TPSA) is 138 Å². The minimum atomic E-state index is -4.12. The van der Waals surface area contributed by atoms with Gasteiger partial charge in [-0.25, -0.2) is 13.4 Å². The lowest BCUT2D eigenvalue weighted by Crippen LogP contribution is -2.60. The van der Waals surface area contributed by atoms with Gasteiger partial charge in [0, 0.05) is 38.9 Å². The molecule has 3 rings (SSSR count). The number of rotatable bonds is 14. The molecule has 3 N–H and O–H groups in total. The number of aliphatic hydroxyl groups excluding tert-OH is 1. The molecular weight excluding hydrogens is 560 g/mol. The number of carbonyl (C=O) groups excluding carboxylic acids is 2. The highest BCUT2D eigenvalue weighted by Crippen LogP contribution is 2.37. The molecule has 0 radical (unpaired) electrons. The summed E-state index contributed by atoms with van der Waals surface area (Å²) in [4.78, 5) is 25.9. The first-order valence-electron chi connectivity index (χ1n) is 13.8. The molecule has 0 bridgehead atoms. The first-order valence-corrected chi connectivity index (χ1v) is 15.3. The van der Waals surface area contributed by atoms with Gasteiger partial charge in [0.2, 0.25) is 22.2 Å². The van der Waals surface area contributed by atoms with E-state index in [2.05, 4.69) is 16.7 Å². The normalized spacial score (nSPS) is 15.7. The number of nitrogens with one attached hydrogen (secondary N) is 2. The van der Waals surface area contributed by atoms with E-state index in [-0.39, 0.29) is 49.7 Å². The van der Waals surface area contributed by atoms with Crippen LogP contribution in [0.2, 0.25) is 0 Å². The van der Waals surface area contributed by atoms with Gasteiger partial charge in [0.25, 0.3) is 5.91 Å². The van der Waals surface area contributed by atoms with Gasteiger partial charge in [-0.15, -0.1) is 12.3 Å². The lowest BCUT2D eigenvalue weighted by atomic mass is 9.99. The summed E-state index contributed by atoms with van der Waals surface area (Å²) < 4.78 is 40.1. The molecule has 228 valence electrons. The molecule has 3 atom stereocenters. The van der Waals surface area contributed by atoms with E-state index in [0.29, 0.717) is 11.5 Å². The van der Waals surface area contributed by atoms with E-state index in [4.69, 9.17) is 15.9 Å². The van der Waals surface area contributed by atoms with Crippen LogP contribution in [0, 0.1) is 18.3 Å². The molecule has 1 aliphatic rings. The van der Waals surface area contributed by atoms with E-state index < -0.39 is 40.3 Å². The minimum absolute atomic E-state index is 0.0179. The van der Waals surface area contributed by atoms with Crippen molar-refractivity contribution in [3.63, 3.8) is 0 Å². The number of amides is 2. The molecule has 2 unspecified atom stereocenters. The van der Waals surface area contributed by atoms with Crippen LogP contribution in [-0.4, -0.2) is 79.8 Å². The molecule has 0 aromatic heterocycles. The largest absolute Gasteiger partial charge is 0.451 e. The molecule has 2 aromatic carbocycles. The van der Waals surface area contributed by atoms with Crippen molar-refractivity contribution in [1.29, 1.82) is 0 Å². The van der Waals surface area contributed by atoms with Crippen LogP contribution >= 0.6 is 0 Å². The van der Waals surface area contributed by atoms with Gasteiger partial charge in [-0.2, -0.15) is 4.31 Å². The van der Waals surface area contributed by atoms with Gasteiger partial charge in [-0.1, -0.05) is 44.2 Å². The Labute approximate surface area is 248 Å². The van der Waals surface area contributed by atoms with Crippen molar-refractivity contribution in [3.8, 4) is 23.8 Å². The number of benzene rings is 2. The van der Waals surface area contributed by atoms with Gasteiger partial charge >= 0.3 is 0 Å². The third-order valence-corrected chi connectivity index (χ3v) is 8.32. The van der Waals surface area contributed by atoms with Gasteiger partial charge in [0.05, 0.1) is 23.6 Å². The zero-order valence-corrected chi connectivity index (χ0v) is 25.3. The standard InChI is InChI=1S/C30H40N4O7S/c1-6-7-13-30(37)34(32-29(36)18-31-5)25(16-23-11-9-8-10-12-23)26(35)20-33(19-21(2)3)42(38,39)24-14-15-27-28(17-24)41-22(4)40-27/h1,8-12,14-15,17,21-22,25-26,31,35H,7,13,16,18-20H2,2-5H3,(H,32,36)/t22?,25?,26-/m1/s1. The van der Waals surface area contributed by atoms with Crippen LogP contribution in [0.4, 0.5) is 0 Å². The van der Waals surface area contributed by atoms with Crippen molar-refractivity contribution >= 4 is 21.8 Å². The maximum atomic E-state index is 13.9. The van der Waals surface area contributed by atoms with E-state index in [1.807, 2.05) is 44.2 Å². The van der Waals surface area contributed by atoms with Gasteiger partial charge in [-0.3, -0.25) is 15.0 Å². The molecule has 2 aromatic rings. The fraction of sp³-hybridized carbons (Fsp3) is 0.467. The Morgan fingerprint density at radius 1 is 1.10 bits per heavy atom. The fourth-order valence-electron chi connectivity index (χ4n) is 4.60. The Bertz CT molecular complexity index is 1360. The lowest BCUT2D eigenvalue weighted by molar-refractivity contribution is -0.147. The summed E-state index contributed by atoms with van der Waals surface area (Å²) in [6.45, 7) is 5.11. The smallest absolute Gasteiger partial charge is 0.252 e. The van der Waals surface area contributed by atoms with E-state index in [1.54, 1.807) is 14.0 Å². The first kappa shape index (κ1) is 32.9. The number of aliphatic hydroxyl groups is 1. The molecular formula is C30H40N4O7S. The zero-order chi connectivity index (χ0) is 30.9. The van der Waals surface area contributed by atoms with Crippen LogP contribution < -0.4 is 20.2 Å². The van der Waals surface area contributed by atoms with Crippen LogP contribution in [0.5, 0.6) is 11.5 Å². The molecule has 12 heteroatoms. The van der Waals surface area contributed by atoms with Crippen LogP contribution in [0.25, 0.3) is 0 Å². The molecule has 0 aliphatic carbocycles. The van der Waals surface area contributed by atoms with Gasteiger partial charge < -0.3 is 19.9 Å². The molecule has 1 heterocycles. The predicted octanol–water partition coefficient (Wildman–Crippen LogP) is 1.92. The number of carbonyl (C=O) groups is 2. The highest BCUT2D eigenvalue weighted by atomic mass is 32.2. The molecule has 42 heavy (non-hydrogen) atoms. The molecule has 11 nitrogen and oxygen atoms in total. The Morgan fingerprint density at radius 3 is 2.43 bits per heavy atom. The number of terminal acetylenes is 1. The number of hydrogen-bond donors (Lipinski definition) is 3. The summed E-state index contributed by atoms with van der Waals surface area (Å²) in [5.41, 5.74) is 3.38.